The number of nitrogens with one attached hydrogen (secondary N) is 1. The van der Waals surface area contributed by atoms with Gasteiger partial charge in [-0.1, -0.05) is 19.8 Å². The van der Waals surface area contributed by atoms with E-state index in [1.165, 1.54) is 44.9 Å². The summed E-state index contributed by atoms with van der Waals surface area (Å²) in [5.74, 6) is 4.67. The average Bonchev–Trinajstić information content (AvgIpc) is 2.95. The predicted molar refractivity (Wildman–Crippen MR) is 86.8 cm³/mol. The molecule has 7 bridgehead atoms. The van der Waals surface area contributed by atoms with Crippen molar-refractivity contribution in [1.29, 1.82) is 0 Å². The first-order chi connectivity index (χ1) is 11.1. The summed E-state index contributed by atoms with van der Waals surface area (Å²) in [6.45, 7) is 2.32. The Morgan fingerprint density at radius 1 is 1.09 bits per heavy atom. The Labute approximate surface area is 138 Å². The van der Waals surface area contributed by atoms with Crippen molar-refractivity contribution in [1.82, 2.24) is 5.32 Å². The van der Waals surface area contributed by atoms with Gasteiger partial charge in [-0.05, 0) is 84.9 Å². The minimum absolute atomic E-state index is 0.00788. The number of carbonyl (C=O) groups is 1. The van der Waals surface area contributed by atoms with E-state index in [-0.39, 0.29) is 11.5 Å². The Kier molecular flexibility index (Phi) is 2.37. The normalized spacial score (nSPS) is 64.7. The highest BCUT2D eigenvalue weighted by molar-refractivity contribution is 5.75. The fourth-order valence-corrected chi connectivity index (χ4v) is 9.53. The van der Waals surface area contributed by atoms with Crippen LogP contribution in [-0.2, 0) is 4.79 Å². The lowest BCUT2D eigenvalue weighted by molar-refractivity contribution is -0.168. The Hall–Kier alpha value is -0.570. The van der Waals surface area contributed by atoms with Crippen molar-refractivity contribution >= 4 is 5.97 Å². The zero-order valence-electron chi connectivity index (χ0n) is 14.1. The van der Waals surface area contributed by atoms with E-state index in [2.05, 4.69) is 12.2 Å². The molecule has 1 unspecified atom stereocenters. The molecule has 0 aromatic heterocycles. The lowest BCUT2D eigenvalue weighted by atomic mass is 9.44. The van der Waals surface area contributed by atoms with Gasteiger partial charge in [0.25, 0.3) is 0 Å². The molecule has 6 aliphatic rings. The molecule has 0 amide bonds. The van der Waals surface area contributed by atoms with Crippen LogP contribution < -0.4 is 5.32 Å². The van der Waals surface area contributed by atoms with Gasteiger partial charge >= 0.3 is 5.97 Å². The molecule has 5 aliphatic carbocycles. The van der Waals surface area contributed by atoms with Gasteiger partial charge in [0.05, 0.1) is 0 Å². The number of hydrogen-bond acceptors (Lipinski definition) is 2. The molecule has 2 N–H and O–H groups in total. The van der Waals surface area contributed by atoms with Crippen molar-refractivity contribution in [3.63, 3.8) is 0 Å². The van der Waals surface area contributed by atoms with Crippen molar-refractivity contribution in [3.05, 3.63) is 0 Å². The number of hydrogen-bond donors (Lipinski definition) is 2. The number of fused-ring (bicyclic) bond motifs is 2. The molecule has 126 valence electrons. The van der Waals surface area contributed by atoms with Crippen molar-refractivity contribution < 1.29 is 9.90 Å². The summed E-state index contributed by atoms with van der Waals surface area (Å²) in [5, 5.41) is 13.7. The average molecular weight is 315 g/mol. The molecule has 10 atom stereocenters. The second-order valence-electron chi connectivity index (χ2n) is 10.2. The largest absolute Gasteiger partial charge is 0.480 e. The lowest BCUT2D eigenvalue weighted by Crippen LogP contribution is -2.71. The third kappa shape index (κ3) is 1.32. The highest BCUT2D eigenvalue weighted by Gasteiger charge is 2.75. The van der Waals surface area contributed by atoms with Gasteiger partial charge in [-0.2, -0.15) is 0 Å². The summed E-state index contributed by atoms with van der Waals surface area (Å²) in [7, 11) is 0. The van der Waals surface area contributed by atoms with Gasteiger partial charge in [0.2, 0.25) is 0 Å². The number of rotatable bonds is 1. The SMILES string of the molecule is C[C@@]12CCC[C@@]34[C@@H]5C[C@@H]6CC[C@@H]([C@H]5C6)[C@@H](C[C@@H]31)[C@H]4NC2C(=O)O. The van der Waals surface area contributed by atoms with Crippen LogP contribution in [0.5, 0.6) is 0 Å². The topological polar surface area (TPSA) is 49.3 Å². The van der Waals surface area contributed by atoms with Crippen molar-refractivity contribution in [2.75, 3.05) is 0 Å². The highest BCUT2D eigenvalue weighted by Crippen LogP contribution is 2.77. The zero-order chi connectivity index (χ0) is 15.6. The molecule has 0 aromatic carbocycles. The smallest absolute Gasteiger partial charge is 0.321 e. The van der Waals surface area contributed by atoms with Gasteiger partial charge in [-0.3, -0.25) is 4.79 Å². The summed E-state index contributed by atoms with van der Waals surface area (Å²) >= 11 is 0. The van der Waals surface area contributed by atoms with Crippen LogP contribution in [0.1, 0.15) is 58.3 Å². The van der Waals surface area contributed by atoms with Gasteiger partial charge in [0.15, 0.2) is 0 Å². The van der Waals surface area contributed by atoms with Crippen molar-refractivity contribution in [2.24, 2.45) is 46.3 Å². The maximum absolute atomic E-state index is 12.0. The van der Waals surface area contributed by atoms with E-state index in [1.54, 1.807) is 0 Å². The van der Waals surface area contributed by atoms with Crippen LogP contribution in [0.4, 0.5) is 0 Å². The number of carboxylic acid groups (broad SMARTS) is 1. The van der Waals surface area contributed by atoms with E-state index in [0.717, 1.165) is 36.0 Å². The molecule has 0 aromatic rings. The van der Waals surface area contributed by atoms with E-state index in [1.807, 2.05) is 0 Å². The Balaban J connectivity index is 1.54. The van der Waals surface area contributed by atoms with Crippen molar-refractivity contribution in [2.45, 2.75) is 70.4 Å². The molecule has 5 saturated carbocycles. The van der Waals surface area contributed by atoms with Crippen LogP contribution in [-0.4, -0.2) is 23.2 Å². The highest BCUT2D eigenvalue weighted by atomic mass is 16.4. The molecular weight excluding hydrogens is 286 g/mol. The summed E-state index contributed by atoms with van der Waals surface area (Å²) in [6, 6.07) is 0.219. The third-order valence-electron chi connectivity index (χ3n) is 9.95. The monoisotopic (exact) mass is 315 g/mol. The maximum Gasteiger partial charge on any atom is 0.321 e. The Morgan fingerprint density at radius 3 is 2.78 bits per heavy atom. The maximum atomic E-state index is 12.0. The molecular formula is C20H29NO2. The minimum Gasteiger partial charge on any atom is -0.480 e. The first-order valence-corrected chi connectivity index (χ1v) is 10.0. The summed E-state index contributed by atoms with van der Waals surface area (Å²) in [5.41, 5.74) is 0.454. The van der Waals surface area contributed by atoms with E-state index in [9.17, 15) is 9.90 Å². The Morgan fingerprint density at radius 2 is 1.96 bits per heavy atom. The second-order valence-corrected chi connectivity index (χ2v) is 10.2. The van der Waals surface area contributed by atoms with E-state index < -0.39 is 5.97 Å². The summed E-state index contributed by atoms with van der Waals surface area (Å²) in [4.78, 5) is 12.0. The molecule has 1 saturated heterocycles. The van der Waals surface area contributed by atoms with E-state index in [4.69, 9.17) is 0 Å². The van der Waals surface area contributed by atoms with Crippen LogP contribution in [0.25, 0.3) is 0 Å². The number of carboxylic acids is 1. The molecule has 1 spiro atoms. The molecule has 6 fully saturated rings. The first kappa shape index (κ1) is 13.7. The molecule has 3 heteroatoms. The lowest BCUT2D eigenvalue weighted by Gasteiger charge is -2.64. The van der Waals surface area contributed by atoms with Gasteiger partial charge in [-0.15, -0.1) is 0 Å². The molecule has 0 radical (unpaired) electrons. The summed E-state index contributed by atoms with van der Waals surface area (Å²) < 4.78 is 0. The Bertz CT molecular complexity index is 590. The van der Waals surface area contributed by atoms with Crippen LogP contribution in [0.2, 0.25) is 0 Å². The van der Waals surface area contributed by atoms with Gasteiger partial charge in [0, 0.05) is 6.04 Å². The standard InChI is InChI=1S/C20H29NO2/c1-19-5-2-6-20-14-8-10-3-4-11(12(14)7-10)13(9-15(19)20)16(20)21-17(19)18(22)23/h10-17,21H,2-9H2,1H3,(H,22,23)/t10-,11+,12-,13-,14-,15-,16-,17?,19-,20-/m1/s1. The van der Waals surface area contributed by atoms with Crippen LogP contribution >= 0.6 is 0 Å². The quantitative estimate of drug-likeness (QED) is 0.780. The predicted octanol–water partition coefficient (Wildman–Crippen LogP) is 3.29. The van der Waals surface area contributed by atoms with E-state index >= 15 is 0 Å². The summed E-state index contributed by atoms with van der Waals surface area (Å²) in [6.07, 6.45) is 11.0. The molecule has 3 nitrogen and oxygen atoms in total. The molecule has 1 heterocycles. The fourth-order valence-electron chi connectivity index (χ4n) is 9.53. The first-order valence-electron chi connectivity index (χ1n) is 10.0. The second kappa shape index (κ2) is 3.98. The van der Waals surface area contributed by atoms with Gasteiger partial charge < -0.3 is 10.4 Å². The third-order valence-corrected chi connectivity index (χ3v) is 9.95. The van der Waals surface area contributed by atoms with Crippen molar-refractivity contribution in [3.8, 4) is 0 Å². The van der Waals surface area contributed by atoms with Crippen LogP contribution in [0.15, 0.2) is 0 Å². The van der Waals surface area contributed by atoms with E-state index in [0.29, 0.717) is 17.4 Å². The number of aliphatic carboxylic acids is 1. The van der Waals surface area contributed by atoms with Gasteiger partial charge in [-0.25, -0.2) is 0 Å². The molecule has 6 rings (SSSR count). The molecule has 1 aliphatic heterocycles. The van der Waals surface area contributed by atoms with Gasteiger partial charge in [0.1, 0.15) is 6.04 Å². The number of piperidine rings is 1. The minimum atomic E-state index is -0.591. The molecule has 23 heavy (non-hydrogen) atoms. The van der Waals surface area contributed by atoms with Crippen LogP contribution in [0, 0.1) is 46.3 Å². The zero-order valence-corrected chi connectivity index (χ0v) is 14.1. The van der Waals surface area contributed by atoms with Crippen LogP contribution in [0.3, 0.4) is 0 Å². The fraction of sp³-hybridized carbons (Fsp3) is 0.950.